The number of alkyl halides is 3. The Labute approximate surface area is 192 Å². The number of nitrogens with one attached hydrogen (secondary N) is 1. The average Bonchev–Trinajstić information content (AvgIpc) is 3.36. The minimum absolute atomic E-state index is 0.0158. The molecule has 3 aromatic rings. The second kappa shape index (κ2) is 8.58. The van der Waals surface area contributed by atoms with Gasteiger partial charge in [0.1, 0.15) is 11.6 Å². The van der Waals surface area contributed by atoms with Crippen molar-refractivity contribution in [2.45, 2.75) is 23.2 Å². The molecule has 0 bridgehead atoms. The van der Waals surface area contributed by atoms with Crippen molar-refractivity contribution >= 4 is 27.4 Å². The third-order valence-electron chi connectivity index (χ3n) is 5.36. The van der Waals surface area contributed by atoms with Crippen LogP contribution in [0.2, 0.25) is 5.02 Å². The van der Waals surface area contributed by atoms with Gasteiger partial charge in [-0.1, -0.05) is 23.7 Å². The van der Waals surface area contributed by atoms with E-state index in [-0.39, 0.29) is 23.9 Å². The maximum Gasteiger partial charge on any atom is 0.418 e. The molecular weight excluding hydrogens is 486 g/mol. The quantitative estimate of drug-likeness (QED) is 0.534. The first-order valence-corrected chi connectivity index (χ1v) is 11.5. The molecule has 0 aliphatic carbocycles. The van der Waals surface area contributed by atoms with Crippen LogP contribution in [0.5, 0.6) is 0 Å². The van der Waals surface area contributed by atoms with E-state index in [0.29, 0.717) is 5.56 Å². The zero-order valence-electron chi connectivity index (χ0n) is 17.1. The molecule has 4 rings (SSSR count). The predicted molar refractivity (Wildman–Crippen MR) is 113 cm³/mol. The molecule has 1 aromatic carbocycles. The highest BCUT2D eigenvalue weighted by Crippen LogP contribution is 2.37. The Morgan fingerprint density at radius 2 is 1.85 bits per heavy atom. The molecule has 2 aromatic heterocycles. The summed E-state index contributed by atoms with van der Waals surface area (Å²) < 4.78 is 82.1. The fourth-order valence-corrected chi connectivity index (χ4v) is 5.41. The van der Waals surface area contributed by atoms with E-state index in [2.05, 4.69) is 15.3 Å². The Kier molecular flexibility index (Phi) is 6.10. The third kappa shape index (κ3) is 4.82. The van der Waals surface area contributed by atoms with Crippen LogP contribution in [-0.4, -0.2) is 46.4 Å². The normalized spacial score (nSPS) is 19.7. The SMILES string of the molecule is Cn1cnc(S(=O)(=O)N2C[C@H](Nc3cc(C(F)(F)F)c(Cl)cn3)[C@@H](c3ccc(F)cc3)C2)c1. The fraction of sp³-hybridized carbons (Fsp3) is 0.300. The molecule has 1 aliphatic heterocycles. The van der Waals surface area contributed by atoms with Crippen LogP contribution in [-0.2, 0) is 23.2 Å². The number of imidazole rings is 1. The van der Waals surface area contributed by atoms with Gasteiger partial charge in [-0.3, -0.25) is 0 Å². The molecule has 7 nitrogen and oxygen atoms in total. The minimum Gasteiger partial charge on any atom is -0.365 e. The summed E-state index contributed by atoms with van der Waals surface area (Å²) in [4.78, 5) is 7.83. The molecule has 0 spiro atoms. The van der Waals surface area contributed by atoms with Crippen LogP contribution in [0, 0.1) is 5.82 Å². The van der Waals surface area contributed by atoms with Gasteiger partial charge in [0.25, 0.3) is 10.0 Å². The Morgan fingerprint density at radius 3 is 2.45 bits per heavy atom. The largest absolute Gasteiger partial charge is 0.418 e. The molecule has 13 heteroatoms. The van der Waals surface area contributed by atoms with E-state index < -0.39 is 44.6 Å². The number of halogens is 5. The van der Waals surface area contributed by atoms with Gasteiger partial charge in [-0.25, -0.2) is 22.8 Å². The van der Waals surface area contributed by atoms with Gasteiger partial charge in [-0.2, -0.15) is 17.5 Å². The highest BCUT2D eigenvalue weighted by molar-refractivity contribution is 7.89. The summed E-state index contributed by atoms with van der Waals surface area (Å²) in [6, 6.07) is 5.64. The van der Waals surface area contributed by atoms with Gasteiger partial charge in [0.15, 0.2) is 5.03 Å². The number of benzene rings is 1. The van der Waals surface area contributed by atoms with Crippen molar-refractivity contribution in [3.05, 3.63) is 71.0 Å². The van der Waals surface area contributed by atoms with Crippen LogP contribution in [0.25, 0.3) is 0 Å². The van der Waals surface area contributed by atoms with E-state index in [4.69, 9.17) is 11.6 Å². The van der Waals surface area contributed by atoms with Crippen LogP contribution in [0.3, 0.4) is 0 Å². The van der Waals surface area contributed by atoms with Gasteiger partial charge >= 0.3 is 6.18 Å². The summed E-state index contributed by atoms with van der Waals surface area (Å²) in [6.07, 6.45) is -1.08. The molecule has 0 unspecified atom stereocenters. The lowest BCUT2D eigenvalue weighted by molar-refractivity contribution is -0.137. The Hall–Kier alpha value is -2.70. The lowest BCUT2D eigenvalue weighted by Crippen LogP contribution is -2.32. The number of hydrogen-bond acceptors (Lipinski definition) is 5. The molecule has 1 N–H and O–H groups in total. The molecule has 0 amide bonds. The molecule has 176 valence electrons. The van der Waals surface area contributed by atoms with Crippen molar-refractivity contribution < 1.29 is 26.0 Å². The van der Waals surface area contributed by atoms with E-state index in [0.717, 1.165) is 12.3 Å². The lowest BCUT2D eigenvalue weighted by atomic mass is 9.94. The number of aromatic nitrogens is 3. The second-order valence-electron chi connectivity index (χ2n) is 7.66. The number of pyridine rings is 1. The summed E-state index contributed by atoms with van der Waals surface area (Å²) in [6.45, 7) is -0.0471. The van der Waals surface area contributed by atoms with Crippen molar-refractivity contribution in [1.82, 2.24) is 18.8 Å². The highest BCUT2D eigenvalue weighted by Gasteiger charge is 2.41. The Balaban J connectivity index is 1.67. The molecule has 1 fully saturated rings. The molecule has 3 heterocycles. The van der Waals surface area contributed by atoms with E-state index in [1.165, 1.54) is 45.7 Å². The molecule has 0 radical (unpaired) electrons. The first kappa shape index (κ1) is 23.5. The van der Waals surface area contributed by atoms with Crippen LogP contribution in [0.1, 0.15) is 17.0 Å². The van der Waals surface area contributed by atoms with Crippen molar-refractivity contribution in [2.75, 3.05) is 18.4 Å². The summed E-state index contributed by atoms with van der Waals surface area (Å²) in [5, 5.41) is 2.21. The summed E-state index contributed by atoms with van der Waals surface area (Å²) in [5.41, 5.74) is -0.436. The highest BCUT2D eigenvalue weighted by atomic mass is 35.5. The standard InChI is InChI=1S/C20H18ClF4N5O2S/c1-29-10-19(27-11-29)33(31,32)30-8-14(12-2-4-13(22)5-3-12)17(9-30)28-18-6-15(20(23,24)25)16(21)7-26-18/h2-7,10-11,14,17H,8-9H2,1H3,(H,26,28)/t14-,17+/m1/s1. The fourth-order valence-electron chi connectivity index (χ4n) is 3.74. The van der Waals surface area contributed by atoms with Gasteiger partial charge in [-0.05, 0) is 23.8 Å². The molecule has 33 heavy (non-hydrogen) atoms. The van der Waals surface area contributed by atoms with E-state index >= 15 is 0 Å². The molecule has 2 atom stereocenters. The molecule has 0 saturated carbocycles. The molecule has 1 aliphatic rings. The van der Waals surface area contributed by atoms with Crippen molar-refractivity contribution in [1.29, 1.82) is 0 Å². The summed E-state index contributed by atoms with van der Waals surface area (Å²) in [5.74, 6) is -1.06. The Morgan fingerprint density at radius 1 is 1.15 bits per heavy atom. The second-order valence-corrected chi connectivity index (χ2v) is 9.95. The van der Waals surface area contributed by atoms with Crippen LogP contribution >= 0.6 is 11.6 Å². The van der Waals surface area contributed by atoms with E-state index in [1.54, 1.807) is 7.05 Å². The zero-order valence-corrected chi connectivity index (χ0v) is 18.7. The lowest BCUT2D eigenvalue weighted by Gasteiger charge is -2.21. The Bertz CT molecular complexity index is 1260. The van der Waals surface area contributed by atoms with Crippen molar-refractivity contribution in [3.8, 4) is 0 Å². The van der Waals surface area contributed by atoms with Gasteiger partial charge < -0.3 is 9.88 Å². The van der Waals surface area contributed by atoms with Gasteiger partial charge in [-0.15, -0.1) is 0 Å². The minimum atomic E-state index is -4.68. The average molecular weight is 504 g/mol. The predicted octanol–water partition coefficient (Wildman–Crippen LogP) is 3.90. The van der Waals surface area contributed by atoms with Crippen molar-refractivity contribution in [3.63, 3.8) is 0 Å². The first-order valence-electron chi connectivity index (χ1n) is 9.68. The topological polar surface area (TPSA) is 80.1 Å². The number of sulfonamides is 1. The van der Waals surface area contributed by atoms with Crippen molar-refractivity contribution in [2.24, 2.45) is 7.05 Å². The van der Waals surface area contributed by atoms with Gasteiger partial charge in [0, 0.05) is 44.5 Å². The van der Waals surface area contributed by atoms with E-state index in [1.807, 2.05) is 0 Å². The number of rotatable bonds is 5. The van der Waals surface area contributed by atoms with E-state index in [9.17, 15) is 26.0 Å². The third-order valence-corrected chi connectivity index (χ3v) is 7.38. The zero-order chi connectivity index (χ0) is 24.0. The number of anilines is 1. The number of aryl methyl sites for hydroxylation is 1. The first-order chi connectivity index (χ1) is 15.4. The molecule has 1 saturated heterocycles. The molecular formula is C20H18ClF4N5O2S. The van der Waals surface area contributed by atoms with Gasteiger partial charge in [0.2, 0.25) is 0 Å². The van der Waals surface area contributed by atoms with Crippen LogP contribution < -0.4 is 5.32 Å². The number of hydrogen-bond donors (Lipinski definition) is 1. The van der Waals surface area contributed by atoms with Crippen LogP contribution in [0.15, 0.2) is 54.1 Å². The van der Waals surface area contributed by atoms with Gasteiger partial charge in [0.05, 0.1) is 16.9 Å². The summed E-state index contributed by atoms with van der Waals surface area (Å²) >= 11 is 5.65. The maximum atomic E-state index is 13.4. The summed E-state index contributed by atoms with van der Waals surface area (Å²) in [7, 11) is -2.33. The smallest absolute Gasteiger partial charge is 0.365 e. The monoisotopic (exact) mass is 503 g/mol. The maximum absolute atomic E-state index is 13.4. The number of nitrogens with zero attached hydrogens (tertiary/aromatic N) is 4. The van der Waals surface area contributed by atoms with Crippen LogP contribution in [0.4, 0.5) is 23.4 Å².